The third-order valence-corrected chi connectivity index (χ3v) is 22.7. The minimum atomic E-state index is -3.32. The van der Waals surface area contributed by atoms with Crippen LogP contribution in [0.4, 0.5) is 0 Å². The Morgan fingerprint density at radius 1 is 1.24 bits per heavy atom. The van der Waals surface area contributed by atoms with Gasteiger partial charge < -0.3 is 0 Å². The van der Waals surface area contributed by atoms with Crippen molar-refractivity contribution >= 4 is 35.1 Å². The Bertz CT molecular complexity index is 535. The van der Waals surface area contributed by atoms with Gasteiger partial charge in [-0.1, -0.05) is 0 Å². The van der Waals surface area contributed by atoms with E-state index in [0.717, 1.165) is 6.42 Å². The van der Waals surface area contributed by atoms with Crippen molar-refractivity contribution in [2.45, 2.75) is 20.3 Å². The topological polar surface area (TPSA) is 15.8 Å². The van der Waals surface area contributed by atoms with Crippen LogP contribution in [0.25, 0.3) is 0 Å². The fourth-order valence-electron chi connectivity index (χ4n) is 2.38. The zero-order valence-electron chi connectivity index (χ0n) is 10.7. The fraction of sp³-hybridized carbons (Fsp3) is 0.333. The molecule has 1 aromatic rings. The van der Waals surface area contributed by atoms with E-state index in [4.69, 9.17) is 0 Å². The molecule has 1 aromatic heterocycles. The predicted molar refractivity (Wildman–Crippen MR) is 82.9 cm³/mol. The third kappa shape index (κ3) is 2.89. The first-order valence-electron chi connectivity index (χ1n) is 5.56. The summed E-state index contributed by atoms with van der Waals surface area (Å²) >= 11 is -3.32. The Morgan fingerprint density at radius 2 is 1.88 bits per heavy atom. The standard InChI is InChI=1S/C5H5.C4H4N.3CH3.2ClH.H2Si.Zr/c2*1-2-4-5-3-1;;;;;;;/h1-3H,4H2;1-3,5H;3*1H3;2*1H;1H2;. The van der Waals surface area contributed by atoms with E-state index >= 15 is 0 Å². The van der Waals surface area contributed by atoms with Crippen molar-refractivity contribution in [3.63, 3.8) is 0 Å². The van der Waals surface area contributed by atoms with Crippen molar-refractivity contribution in [1.82, 2.24) is 4.98 Å². The third-order valence-electron chi connectivity index (χ3n) is 3.85. The van der Waals surface area contributed by atoms with E-state index in [1.165, 1.54) is 3.40 Å². The van der Waals surface area contributed by atoms with Gasteiger partial charge in [0, 0.05) is 0 Å². The van der Waals surface area contributed by atoms with Crippen LogP contribution in [0.5, 0.6) is 0 Å². The summed E-state index contributed by atoms with van der Waals surface area (Å²) in [6.45, 7) is 2.26. The van der Waals surface area contributed by atoms with Crippen LogP contribution in [0.1, 0.15) is 6.42 Å². The Labute approximate surface area is 115 Å². The first-order chi connectivity index (χ1) is 6.74. The Morgan fingerprint density at radius 3 is 2.29 bits per heavy atom. The molecule has 1 heterocycles. The molecule has 0 spiro atoms. The van der Waals surface area contributed by atoms with E-state index in [2.05, 4.69) is 62.3 Å². The molecule has 97 valence electrons. The van der Waals surface area contributed by atoms with Gasteiger partial charge in [0.25, 0.3) is 0 Å². The zero-order valence-corrected chi connectivity index (χ0v) is 16.2. The normalized spacial score (nSPS) is 18.4. The quantitative estimate of drug-likeness (QED) is 0.770. The van der Waals surface area contributed by atoms with Crippen molar-refractivity contribution in [3.8, 4) is 0 Å². The van der Waals surface area contributed by atoms with Crippen molar-refractivity contribution in [2.24, 2.45) is 0 Å². The van der Waals surface area contributed by atoms with Gasteiger partial charge >= 0.3 is 91.3 Å². The summed E-state index contributed by atoms with van der Waals surface area (Å²) in [5, 5.41) is 0. The zero-order chi connectivity index (χ0) is 11.2. The summed E-state index contributed by atoms with van der Waals surface area (Å²) in [6, 6.07) is 4.39. The number of allylic oxidation sites excluding steroid dienone is 4. The van der Waals surface area contributed by atoms with Gasteiger partial charge in [-0.05, 0) is 0 Å². The van der Waals surface area contributed by atoms with Crippen LogP contribution in [0, 0.1) is 0 Å². The Kier molecular flexibility index (Phi) is 4.64. The number of aromatic amines is 1. The molecule has 1 aliphatic carbocycles. The molecule has 0 aromatic carbocycles. The maximum atomic E-state index is 3.46. The Balaban J connectivity index is 0.00000128. The number of aromatic nitrogens is 1. The maximum absolute atomic E-state index is 3.46. The summed E-state index contributed by atoms with van der Waals surface area (Å²) in [7, 11) is 0. The molecule has 0 saturated carbocycles. The summed E-state index contributed by atoms with van der Waals surface area (Å²) in [5.41, 5.74) is 0. The number of hydrogen-bond donors (Lipinski definition) is 1. The Hall–Kier alpha value is 0.440. The molecule has 0 amide bonds. The summed E-state index contributed by atoms with van der Waals surface area (Å²) < 4.78 is 10.7. The van der Waals surface area contributed by atoms with Crippen molar-refractivity contribution in [2.75, 3.05) is 0 Å². The van der Waals surface area contributed by atoms with Crippen LogP contribution < -0.4 is 3.40 Å². The molecule has 1 N–H and O–H groups in total. The van der Waals surface area contributed by atoms with E-state index < -0.39 is 15.9 Å². The molecular formula is C12H22Cl2NSiZr. The molecule has 0 fully saturated rings. The molecule has 0 saturated heterocycles. The molecule has 1 nitrogen and oxygen atoms in total. The van der Waals surface area contributed by atoms with Gasteiger partial charge in [-0.2, -0.15) is 0 Å². The van der Waals surface area contributed by atoms with Crippen LogP contribution in [0.3, 0.4) is 0 Å². The van der Waals surface area contributed by atoms with Crippen LogP contribution in [0.2, 0.25) is 13.9 Å². The fourth-order valence-corrected chi connectivity index (χ4v) is 14.1. The van der Waals surface area contributed by atoms with Crippen LogP contribution in [0.15, 0.2) is 39.8 Å². The number of hydrogen-bond acceptors (Lipinski definition) is 0. The van der Waals surface area contributed by atoms with Gasteiger partial charge in [0.05, 0.1) is 0 Å². The minimum absolute atomic E-state index is 0. The van der Waals surface area contributed by atoms with Crippen LogP contribution in [-0.4, -0.2) is 11.9 Å². The van der Waals surface area contributed by atoms with Gasteiger partial charge in [0.1, 0.15) is 0 Å². The monoisotopic (exact) mass is 368 g/mol. The van der Waals surface area contributed by atoms with Crippen molar-refractivity contribution in [3.05, 3.63) is 39.8 Å². The van der Waals surface area contributed by atoms with Crippen molar-refractivity contribution < 1.29 is 15.9 Å². The summed E-state index contributed by atoms with van der Waals surface area (Å²) in [4.78, 5) is 3.46. The van der Waals surface area contributed by atoms with E-state index in [1.54, 1.807) is 3.28 Å². The molecule has 2 rings (SSSR count). The van der Waals surface area contributed by atoms with E-state index in [1.807, 2.05) is 0 Å². The van der Waals surface area contributed by atoms with Crippen LogP contribution >= 0.6 is 24.8 Å². The van der Waals surface area contributed by atoms with E-state index in [-0.39, 0.29) is 24.8 Å². The van der Waals surface area contributed by atoms with Gasteiger partial charge in [0.15, 0.2) is 0 Å². The second-order valence-electron chi connectivity index (χ2n) is 6.95. The molecule has 1 aliphatic rings. The van der Waals surface area contributed by atoms with Crippen LogP contribution in [-0.2, 0) is 15.9 Å². The molecule has 17 heavy (non-hydrogen) atoms. The summed E-state index contributed by atoms with van der Waals surface area (Å²) in [5.74, 6) is 0. The molecule has 0 unspecified atom stereocenters. The number of H-pyrrole nitrogens is 1. The number of halogens is 2. The average molecular weight is 371 g/mol. The van der Waals surface area contributed by atoms with E-state index in [0.29, 0.717) is 0 Å². The predicted octanol–water partition coefficient (Wildman–Crippen LogP) is 3.25. The molecule has 5 heteroatoms. The van der Waals surface area contributed by atoms with Gasteiger partial charge in [0.2, 0.25) is 0 Å². The molecule has 0 atom stereocenters. The first-order valence-corrected chi connectivity index (χ1v) is 21.3. The number of nitrogens with one attached hydrogen (secondary N) is 1. The van der Waals surface area contributed by atoms with E-state index in [9.17, 15) is 0 Å². The van der Waals surface area contributed by atoms with Crippen molar-refractivity contribution in [1.29, 1.82) is 0 Å². The molecule has 0 bridgehead atoms. The molecule has 0 aliphatic heterocycles. The summed E-state index contributed by atoms with van der Waals surface area (Å²) in [6.07, 6.45) is 10.0. The number of rotatable bonds is 2. The second kappa shape index (κ2) is 4.52. The van der Waals surface area contributed by atoms with Gasteiger partial charge in [-0.25, -0.2) is 0 Å². The molecular weight excluding hydrogens is 348 g/mol. The average Bonchev–Trinajstić information content (AvgIpc) is 2.77. The second-order valence-corrected chi connectivity index (χ2v) is 48.9. The molecule has 0 radical (unpaired) electrons. The van der Waals surface area contributed by atoms with Gasteiger partial charge in [-0.3, -0.25) is 0 Å². The van der Waals surface area contributed by atoms with Gasteiger partial charge in [-0.15, -0.1) is 24.8 Å². The first kappa shape index (κ1) is 17.4. The SMILES string of the molecule is Cl.Cl.[CH3][Zr]([CH3])([CH3])(=[SiH2])([C]1=CC=CC1)[c]1ccc[nH]1.